The zero-order valence-electron chi connectivity index (χ0n) is 10.7. The van der Waals surface area contributed by atoms with E-state index in [1.54, 1.807) is 0 Å². The lowest BCUT2D eigenvalue weighted by atomic mass is 10.1. The van der Waals surface area contributed by atoms with Gasteiger partial charge in [-0.3, -0.25) is 0 Å². The summed E-state index contributed by atoms with van der Waals surface area (Å²) < 4.78 is 0. The average molecular weight is 243 g/mol. The third kappa shape index (κ3) is 3.44. The molecule has 2 rings (SSSR count). The fourth-order valence-electron chi connectivity index (χ4n) is 2.09. The van der Waals surface area contributed by atoms with Crippen molar-refractivity contribution in [3.63, 3.8) is 0 Å². The fourth-order valence-corrected chi connectivity index (χ4v) is 2.09. The molecule has 96 valence electrons. The molecule has 0 saturated carbocycles. The average Bonchev–Trinajstić information content (AvgIpc) is 2.43. The molecule has 0 spiro atoms. The fraction of sp³-hybridized carbons (Fsp3) is 0.400. The number of aromatic nitrogens is 1. The van der Waals surface area contributed by atoms with Gasteiger partial charge in [0.2, 0.25) is 0 Å². The van der Waals surface area contributed by atoms with Crippen molar-refractivity contribution in [3.05, 3.63) is 36.5 Å². The van der Waals surface area contributed by atoms with Crippen LogP contribution in [0.3, 0.4) is 0 Å². The van der Waals surface area contributed by atoms with Crippen LogP contribution < -0.4 is 11.1 Å². The monoisotopic (exact) mass is 243 g/mol. The van der Waals surface area contributed by atoms with E-state index in [9.17, 15) is 0 Å². The van der Waals surface area contributed by atoms with Gasteiger partial charge in [-0.05, 0) is 30.8 Å². The lowest BCUT2D eigenvalue weighted by molar-refractivity contribution is 0.661. The van der Waals surface area contributed by atoms with Crippen LogP contribution in [0.25, 0.3) is 10.8 Å². The number of benzene rings is 1. The van der Waals surface area contributed by atoms with Crippen LogP contribution in [-0.2, 0) is 0 Å². The van der Waals surface area contributed by atoms with E-state index in [1.807, 2.05) is 12.3 Å². The Hall–Kier alpha value is -1.61. The maximum absolute atomic E-state index is 5.47. The van der Waals surface area contributed by atoms with Crippen LogP contribution in [0.2, 0.25) is 0 Å². The van der Waals surface area contributed by atoms with Crippen molar-refractivity contribution in [2.45, 2.75) is 25.7 Å². The first-order chi connectivity index (χ1) is 8.92. The van der Waals surface area contributed by atoms with Gasteiger partial charge in [-0.15, -0.1) is 0 Å². The summed E-state index contributed by atoms with van der Waals surface area (Å²) in [5.41, 5.74) is 5.47. The topological polar surface area (TPSA) is 50.9 Å². The highest BCUT2D eigenvalue weighted by atomic mass is 15.0. The van der Waals surface area contributed by atoms with Crippen molar-refractivity contribution in [1.29, 1.82) is 0 Å². The van der Waals surface area contributed by atoms with Crippen LogP contribution in [-0.4, -0.2) is 18.1 Å². The molecule has 3 nitrogen and oxygen atoms in total. The van der Waals surface area contributed by atoms with Gasteiger partial charge in [0.25, 0.3) is 0 Å². The van der Waals surface area contributed by atoms with Gasteiger partial charge in [0.05, 0.1) is 0 Å². The summed E-state index contributed by atoms with van der Waals surface area (Å²) >= 11 is 0. The normalized spacial score (nSPS) is 10.7. The molecule has 3 heteroatoms. The van der Waals surface area contributed by atoms with Crippen molar-refractivity contribution >= 4 is 16.6 Å². The molecule has 1 heterocycles. The second kappa shape index (κ2) is 6.97. The SMILES string of the molecule is NCCCCCCNc1nccc2ccccc12. The van der Waals surface area contributed by atoms with Crippen molar-refractivity contribution < 1.29 is 0 Å². The van der Waals surface area contributed by atoms with Gasteiger partial charge in [-0.2, -0.15) is 0 Å². The minimum atomic E-state index is 0.804. The molecule has 0 atom stereocenters. The van der Waals surface area contributed by atoms with Crippen molar-refractivity contribution in [2.75, 3.05) is 18.4 Å². The van der Waals surface area contributed by atoms with Crippen LogP contribution >= 0.6 is 0 Å². The van der Waals surface area contributed by atoms with Gasteiger partial charge in [0.1, 0.15) is 5.82 Å². The second-order valence-corrected chi connectivity index (χ2v) is 4.51. The molecule has 1 aromatic carbocycles. The Morgan fingerprint density at radius 1 is 1.00 bits per heavy atom. The van der Waals surface area contributed by atoms with Gasteiger partial charge in [0.15, 0.2) is 0 Å². The molecule has 18 heavy (non-hydrogen) atoms. The summed E-state index contributed by atoms with van der Waals surface area (Å²) in [5, 5.41) is 5.85. The molecular weight excluding hydrogens is 222 g/mol. The molecule has 3 N–H and O–H groups in total. The Morgan fingerprint density at radius 2 is 1.83 bits per heavy atom. The molecule has 0 unspecified atom stereocenters. The first kappa shape index (κ1) is 12.8. The van der Waals surface area contributed by atoms with Gasteiger partial charge >= 0.3 is 0 Å². The Labute approximate surface area is 108 Å². The second-order valence-electron chi connectivity index (χ2n) is 4.51. The molecule has 0 bridgehead atoms. The lowest BCUT2D eigenvalue weighted by Crippen LogP contribution is -2.04. The highest BCUT2D eigenvalue weighted by Crippen LogP contribution is 2.20. The van der Waals surface area contributed by atoms with E-state index < -0.39 is 0 Å². The number of nitrogens with one attached hydrogen (secondary N) is 1. The Kier molecular flexibility index (Phi) is 4.97. The number of anilines is 1. The zero-order valence-corrected chi connectivity index (χ0v) is 10.7. The van der Waals surface area contributed by atoms with Gasteiger partial charge in [0, 0.05) is 18.1 Å². The summed E-state index contributed by atoms with van der Waals surface area (Å²) in [7, 11) is 0. The van der Waals surface area contributed by atoms with E-state index >= 15 is 0 Å². The molecular formula is C15H21N3. The molecule has 0 aliphatic rings. The molecule has 0 saturated heterocycles. The number of rotatable bonds is 7. The first-order valence-corrected chi connectivity index (χ1v) is 6.69. The number of unbranched alkanes of at least 4 members (excludes halogenated alkanes) is 3. The van der Waals surface area contributed by atoms with Gasteiger partial charge < -0.3 is 11.1 Å². The van der Waals surface area contributed by atoms with Crippen molar-refractivity contribution in [1.82, 2.24) is 4.98 Å². The van der Waals surface area contributed by atoms with Crippen LogP contribution in [0.1, 0.15) is 25.7 Å². The standard InChI is InChI=1S/C15H21N3/c16-10-5-1-2-6-11-17-15-14-8-4-3-7-13(14)9-12-18-15/h3-4,7-9,12H,1-2,5-6,10-11,16H2,(H,17,18). The number of fused-ring (bicyclic) bond motifs is 1. The minimum absolute atomic E-state index is 0.804. The highest BCUT2D eigenvalue weighted by Gasteiger charge is 2.00. The predicted molar refractivity (Wildman–Crippen MR) is 77.8 cm³/mol. The third-order valence-corrected chi connectivity index (χ3v) is 3.10. The molecule has 0 amide bonds. The lowest BCUT2D eigenvalue weighted by Gasteiger charge is -2.08. The first-order valence-electron chi connectivity index (χ1n) is 6.69. The summed E-state index contributed by atoms with van der Waals surface area (Å²) in [5.74, 6) is 0.993. The van der Waals surface area contributed by atoms with Crippen molar-refractivity contribution in [3.8, 4) is 0 Å². The Morgan fingerprint density at radius 3 is 2.72 bits per heavy atom. The molecule has 0 aliphatic carbocycles. The predicted octanol–water partition coefficient (Wildman–Crippen LogP) is 3.17. The third-order valence-electron chi connectivity index (χ3n) is 3.10. The number of hydrogen-bond acceptors (Lipinski definition) is 3. The molecule has 0 radical (unpaired) electrons. The van der Waals surface area contributed by atoms with E-state index in [1.165, 1.54) is 30.0 Å². The quantitative estimate of drug-likeness (QED) is 0.734. The highest BCUT2D eigenvalue weighted by molar-refractivity contribution is 5.91. The molecule has 0 aliphatic heterocycles. The summed E-state index contributed by atoms with van der Waals surface area (Å²) in [4.78, 5) is 4.41. The van der Waals surface area contributed by atoms with Crippen LogP contribution in [0.5, 0.6) is 0 Å². The maximum atomic E-state index is 5.47. The summed E-state index contributed by atoms with van der Waals surface area (Å²) in [6.45, 7) is 1.78. The summed E-state index contributed by atoms with van der Waals surface area (Å²) in [6, 6.07) is 10.4. The number of pyridine rings is 1. The number of nitrogens with two attached hydrogens (primary N) is 1. The molecule has 0 fully saturated rings. The smallest absolute Gasteiger partial charge is 0.133 e. The number of nitrogens with zero attached hydrogens (tertiary/aromatic N) is 1. The van der Waals surface area contributed by atoms with E-state index in [4.69, 9.17) is 5.73 Å². The van der Waals surface area contributed by atoms with E-state index in [2.05, 4.69) is 34.6 Å². The van der Waals surface area contributed by atoms with Gasteiger partial charge in [-0.1, -0.05) is 37.1 Å². The molecule has 1 aromatic heterocycles. The minimum Gasteiger partial charge on any atom is -0.370 e. The summed E-state index contributed by atoms with van der Waals surface area (Å²) in [6.07, 6.45) is 6.62. The van der Waals surface area contributed by atoms with Crippen LogP contribution in [0, 0.1) is 0 Å². The zero-order chi connectivity index (χ0) is 12.6. The van der Waals surface area contributed by atoms with E-state index in [0.29, 0.717) is 0 Å². The van der Waals surface area contributed by atoms with E-state index in [-0.39, 0.29) is 0 Å². The molecule has 2 aromatic rings. The Bertz CT molecular complexity index is 477. The van der Waals surface area contributed by atoms with E-state index in [0.717, 1.165) is 25.3 Å². The number of hydrogen-bond donors (Lipinski definition) is 2. The maximum Gasteiger partial charge on any atom is 0.133 e. The Balaban J connectivity index is 1.88. The largest absolute Gasteiger partial charge is 0.370 e. The van der Waals surface area contributed by atoms with Crippen molar-refractivity contribution in [2.24, 2.45) is 5.73 Å². The van der Waals surface area contributed by atoms with Gasteiger partial charge in [-0.25, -0.2) is 4.98 Å². The van der Waals surface area contributed by atoms with Crippen LogP contribution in [0.15, 0.2) is 36.5 Å². The van der Waals surface area contributed by atoms with Crippen LogP contribution in [0.4, 0.5) is 5.82 Å².